The summed E-state index contributed by atoms with van der Waals surface area (Å²) in [4.78, 5) is 23.7. The van der Waals surface area contributed by atoms with Crippen LogP contribution in [0.25, 0.3) is 6.08 Å². The van der Waals surface area contributed by atoms with Crippen LogP contribution >= 0.6 is 11.8 Å². The second kappa shape index (κ2) is 8.87. The van der Waals surface area contributed by atoms with Crippen LogP contribution in [0.15, 0.2) is 41.3 Å². The molecule has 1 aliphatic heterocycles. The summed E-state index contributed by atoms with van der Waals surface area (Å²) in [6, 6.07) is 10.7. The fourth-order valence-corrected chi connectivity index (χ4v) is 3.83. The summed E-state index contributed by atoms with van der Waals surface area (Å²) in [7, 11) is 2.85. The Labute approximate surface area is 172 Å². The maximum absolute atomic E-state index is 12.4. The Bertz CT molecular complexity index is 959. The smallest absolute Gasteiger partial charge is 0.280 e. The molecule has 152 valence electrons. The van der Waals surface area contributed by atoms with E-state index in [2.05, 4.69) is 17.6 Å². The summed E-state index contributed by atoms with van der Waals surface area (Å²) in [5.74, 6) is 0.292. The minimum absolute atomic E-state index is 0.171. The van der Waals surface area contributed by atoms with Crippen LogP contribution in [0.3, 0.4) is 0 Å². The Morgan fingerprint density at radius 2 is 1.86 bits per heavy atom. The Morgan fingerprint density at radius 1 is 1.21 bits per heavy atom. The number of benzene rings is 2. The van der Waals surface area contributed by atoms with Crippen molar-refractivity contribution in [1.82, 2.24) is 5.32 Å². The number of nitro groups is 1. The topological polar surface area (TPSA) is 103 Å². The maximum Gasteiger partial charge on any atom is 0.280 e. The summed E-state index contributed by atoms with van der Waals surface area (Å²) in [6.45, 7) is 2.08. The number of carbonyl (C=O) groups is 1. The number of ether oxygens (including phenoxy) is 2. The number of amides is 1. The van der Waals surface area contributed by atoms with Gasteiger partial charge in [-0.25, -0.2) is 0 Å². The number of methoxy groups -OCH3 is 2. The van der Waals surface area contributed by atoms with Gasteiger partial charge >= 0.3 is 0 Å². The summed E-state index contributed by atoms with van der Waals surface area (Å²) in [5, 5.41) is 17.5. The van der Waals surface area contributed by atoms with E-state index in [1.54, 1.807) is 0 Å². The molecule has 1 saturated heterocycles. The summed E-state index contributed by atoms with van der Waals surface area (Å²) in [5.41, 5.74) is 1.81. The number of carbonyl (C=O) groups excluding carboxylic acids is 1. The average molecular weight is 415 g/mol. The largest absolute Gasteiger partial charge is 0.493 e. The molecule has 0 saturated carbocycles. The molecule has 3 rings (SSSR count). The lowest BCUT2D eigenvalue weighted by atomic mass is 10.1. The molecule has 29 heavy (non-hydrogen) atoms. The van der Waals surface area contributed by atoms with Crippen LogP contribution in [0.5, 0.6) is 11.5 Å². The molecule has 1 aliphatic rings. The monoisotopic (exact) mass is 415 g/mol. The molecule has 0 aliphatic carbocycles. The summed E-state index contributed by atoms with van der Waals surface area (Å²) in [6.07, 6.45) is 2.44. The minimum atomic E-state index is -0.517. The lowest BCUT2D eigenvalue weighted by Gasteiger charge is -2.13. The number of aryl methyl sites for hydroxylation is 1. The van der Waals surface area contributed by atoms with Gasteiger partial charge in [0.05, 0.1) is 35.7 Å². The van der Waals surface area contributed by atoms with Crippen LogP contribution in [0.4, 0.5) is 11.4 Å². The van der Waals surface area contributed by atoms with Gasteiger partial charge in [0.1, 0.15) is 0 Å². The zero-order chi connectivity index (χ0) is 21.0. The van der Waals surface area contributed by atoms with E-state index in [1.807, 2.05) is 24.3 Å². The van der Waals surface area contributed by atoms with E-state index in [9.17, 15) is 14.9 Å². The van der Waals surface area contributed by atoms with Crippen molar-refractivity contribution in [3.63, 3.8) is 0 Å². The van der Waals surface area contributed by atoms with E-state index in [4.69, 9.17) is 9.47 Å². The molecule has 1 heterocycles. The average Bonchev–Trinajstić information content (AvgIpc) is 3.06. The minimum Gasteiger partial charge on any atom is -0.493 e. The van der Waals surface area contributed by atoms with Crippen molar-refractivity contribution in [3.8, 4) is 11.5 Å². The Kier molecular flexibility index (Phi) is 6.28. The zero-order valence-corrected chi connectivity index (χ0v) is 17.0. The van der Waals surface area contributed by atoms with Gasteiger partial charge in [0.25, 0.3) is 11.6 Å². The summed E-state index contributed by atoms with van der Waals surface area (Å²) < 4.78 is 10.4. The number of anilines is 1. The molecule has 2 N–H and O–H groups in total. The van der Waals surface area contributed by atoms with Gasteiger partial charge in [-0.3, -0.25) is 14.9 Å². The third-order valence-electron chi connectivity index (χ3n) is 4.41. The molecule has 2 aromatic rings. The predicted molar refractivity (Wildman–Crippen MR) is 113 cm³/mol. The highest BCUT2D eigenvalue weighted by Gasteiger charge is 2.28. The molecule has 0 unspecified atom stereocenters. The number of rotatable bonds is 7. The first-order valence-corrected chi connectivity index (χ1v) is 9.78. The van der Waals surface area contributed by atoms with E-state index in [-0.39, 0.29) is 28.4 Å². The Morgan fingerprint density at radius 3 is 2.45 bits per heavy atom. The number of nitrogens with zero attached hydrogens (tertiary/aromatic N) is 1. The van der Waals surface area contributed by atoms with E-state index < -0.39 is 4.92 Å². The fraction of sp³-hybridized carbons (Fsp3) is 0.250. The number of thioether (sulfide) groups is 1. The first kappa shape index (κ1) is 20.5. The van der Waals surface area contributed by atoms with E-state index >= 15 is 0 Å². The second-order valence-electron chi connectivity index (χ2n) is 6.20. The first-order chi connectivity index (χ1) is 13.9. The van der Waals surface area contributed by atoms with Crippen LogP contribution in [0, 0.1) is 10.1 Å². The molecule has 0 radical (unpaired) electrons. The fourth-order valence-electron chi connectivity index (χ4n) is 2.85. The van der Waals surface area contributed by atoms with Crippen molar-refractivity contribution >= 4 is 35.1 Å². The molecular weight excluding hydrogens is 394 g/mol. The third-order valence-corrected chi connectivity index (χ3v) is 5.44. The van der Waals surface area contributed by atoms with Crippen molar-refractivity contribution in [2.75, 3.05) is 19.5 Å². The highest BCUT2D eigenvalue weighted by atomic mass is 32.2. The first-order valence-electron chi connectivity index (χ1n) is 8.90. The Balaban J connectivity index is 1.84. The van der Waals surface area contributed by atoms with Gasteiger partial charge in [-0.15, -0.1) is 0 Å². The quantitative estimate of drug-likeness (QED) is 0.403. The van der Waals surface area contributed by atoms with Crippen molar-refractivity contribution < 1.29 is 19.2 Å². The van der Waals surface area contributed by atoms with Crippen molar-refractivity contribution in [2.24, 2.45) is 0 Å². The third kappa shape index (κ3) is 4.62. The molecule has 1 atom stereocenters. The van der Waals surface area contributed by atoms with Gasteiger partial charge in [0.15, 0.2) is 17.0 Å². The SMILES string of the molecule is CCc1ccc(N[C@H]2NC(=O)/C(=C/c3cc(OC)c(OC)cc3[N+](=O)[O-])S2)cc1. The van der Waals surface area contributed by atoms with Crippen LogP contribution < -0.4 is 20.1 Å². The molecule has 1 fully saturated rings. The number of hydrogen-bond donors (Lipinski definition) is 2. The van der Waals surface area contributed by atoms with Crippen molar-refractivity contribution in [3.05, 3.63) is 62.5 Å². The highest BCUT2D eigenvalue weighted by molar-refractivity contribution is 8.05. The van der Waals surface area contributed by atoms with Gasteiger partial charge in [-0.05, 0) is 36.3 Å². The van der Waals surface area contributed by atoms with Gasteiger partial charge in [0.2, 0.25) is 0 Å². The lowest BCUT2D eigenvalue weighted by Crippen LogP contribution is -2.30. The molecule has 0 spiro atoms. The van der Waals surface area contributed by atoms with Gasteiger partial charge in [-0.1, -0.05) is 30.8 Å². The Hall–Kier alpha value is -3.20. The molecule has 0 aromatic heterocycles. The van der Waals surface area contributed by atoms with Gasteiger partial charge in [-0.2, -0.15) is 0 Å². The standard InChI is InChI=1S/C20H21N3O5S/c1-4-12-5-7-14(8-6-12)21-20-22-19(24)18(29-20)10-13-9-16(27-2)17(28-3)11-15(13)23(25)26/h5-11,20-21H,4H2,1-3H3,(H,22,24)/b18-10-/t20-/m0/s1. The van der Waals surface area contributed by atoms with Gasteiger partial charge in [0, 0.05) is 5.69 Å². The molecule has 9 heteroatoms. The molecule has 1 amide bonds. The number of nitro benzene ring substituents is 1. The van der Waals surface area contributed by atoms with E-state index in [0.29, 0.717) is 10.7 Å². The molecule has 2 aromatic carbocycles. The van der Waals surface area contributed by atoms with Crippen LogP contribution in [-0.2, 0) is 11.2 Å². The normalized spacial score (nSPS) is 17.1. The highest BCUT2D eigenvalue weighted by Crippen LogP contribution is 2.38. The number of hydrogen-bond acceptors (Lipinski definition) is 7. The molecular formula is C20H21N3O5S. The number of nitrogens with one attached hydrogen (secondary N) is 2. The van der Waals surface area contributed by atoms with Gasteiger partial charge < -0.3 is 20.1 Å². The van der Waals surface area contributed by atoms with E-state index in [1.165, 1.54) is 49.8 Å². The maximum atomic E-state index is 12.4. The van der Waals surface area contributed by atoms with Crippen molar-refractivity contribution in [1.29, 1.82) is 0 Å². The second-order valence-corrected chi connectivity index (χ2v) is 7.34. The molecule has 0 bridgehead atoms. The van der Waals surface area contributed by atoms with Crippen LogP contribution in [-0.4, -0.2) is 30.5 Å². The van der Waals surface area contributed by atoms with Crippen LogP contribution in [0.2, 0.25) is 0 Å². The lowest BCUT2D eigenvalue weighted by molar-refractivity contribution is -0.385. The van der Waals surface area contributed by atoms with Crippen molar-refractivity contribution in [2.45, 2.75) is 18.8 Å². The van der Waals surface area contributed by atoms with Crippen LogP contribution in [0.1, 0.15) is 18.1 Å². The summed E-state index contributed by atoms with van der Waals surface area (Å²) >= 11 is 1.26. The predicted octanol–water partition coefficient (Wildman–Crippen LogP) is 3.77. The zero-order valence-electron chi connectivity index (χ0n) is 16.2. The van der Waals surface area contributed by atoms with E-state index in [0.717, 1.165) is 12.1 Å². The molecule has 8 nitrogen and oxygen atoms in total.